The van der Waals surface area contributed by atoms with Crippen molar-refractivity contribution in [2.24, 2.45) is 0 Å². The summed E-state index contributed by atoms with van der Waals surface area (Å²) in [6.07, 6.45) is 0. The highest BCUT2D eigenvalue weighted by Crippen LogP contribution is 2.27. The van der Waals surface area contributed by atoms with Crippen molar-refractivity contribution in [3.63, 3.8) is 0 Å². The minimum absolute atomic E-state index is 0.0243. The zero-order valence-corrected chi connectivity index (χ0v) is 18.5. The van der Waals surface area contributed by atoms with Crippen LogP contribution in [0.4, 0.5) is 0 Å². The van der Waals surface area contributed by atoms with Gasteiger partial charge in [-0.25, -0.2) is 4.98 Å². The smallest absolute Gasteiger partial charge is 0.266 e. The highest BCUT2D eigenvalue weighted by atomic mass is 35.5. The second-order valence-electron chi connectivity index (χ2n) is 6.81. The van der Waals surface area contributed by atoms with Gasteiger partial charge in [-0.15, -0.1) is 0 Å². The summed E-state index contributed by atoms with van der Waals surface area (Å²) in [5, 5.41) is 1.10. The highest BCUT2D eigenvalue weighted by Gasteiger charge is 2.23. The molecule has 29 heavy (non-hydrogen) atoms. The van der Waals surface area contributed by atoms with Gasteiger partial charge in [0, 0.05) is 18.1 Å². The summed E-state index contributed by atoms with van der Waals surface area (Å²) in [7, 11) is 0. The Labute approximate surface area is 179 Å². The van der Waals surface area contributed by atoms with Gasteiger partial charge in [0.15, 0.2) is 5.16 Å². The number of carbonyl (C=O) groups is 1. The number of hydrogen-bond acceptors (Lipinski definition) is 4. The Morgan fingerprint density at radius 3 is 2.59 bits per heavy atom. The molecule has 0 aliphatic rings. The average Bonchev–Trinajstić information content (AvgIpc) is 2.68. The molecule has 152 valence electrons. The van der Waals surface area contributed by atoms with Crippen molar-refractivity contribution in [3.8, 4) is 5.69 Å². The van der Waals surface area contributed by atoms with E-state index in [4.69, 9.17) is 16.6 Å². The molecule has 3 rings (SSSR count). The topological polar surface area (TPSA) is 55.2 Å². The molecule has 0 N–H and O–H groups in total. The largest absolute Gasteiger partial charge is 0.342 e. The van der Waals surface area contributed by atoms with E-state index < -0.39 is 0 Å². The van der Waals surface area contributed by atoms with Crippen LogP contribution in [0.3, 0.4) is 0 Å². The molecule has 0 spiro atoms. The summed E-state index contributed by atoms with van der Waals surface area (Å²) in [5.41, 5.74) is 2.11. The predicted octanol–water partition coefficient (Wildman–Crippen LogP) is 4.70. The minimum Gasteiger partial charge on any atom is -0.342 e. The van der Waals surface area contributed by atoms with Crippen molar-refractivity contribution < 1.29 is 4.79 Å². The van der Waals surface area contributed by atoms with Crippen LogP contribution in [0.5, 0.6) is 0 Å². The van der Waals surface area contributed by atoms with E-state index in [-0.39, 0.29) is 16.7 Å². The van der Waals surface area contributed by atoms with Crippen LogP contribution in [0.15, 0.2) is 52.4 Å². The number of aromatic nitrogens is 2. The van der Waals surface area contributed by atoms with Gasteiger partial charge in [0.05, 0.1) is 21.8 Å². The van der Waals surface area contributed by atoms with E-state index in [1.165, 1.54) is 11.8 Å². The lowest BCUT2D eigenvalue weighted by molar-refractivity contribution is -0.129. The Kier molecular flexibility index (Phi) is 6.65. The maximum atomic E-state index is 13.3. The molecule has 3 aromatic rings. The van der Waals surface area contributed by atoms with Crippen molar-refractivity contribution >= 4 is 40.2 Å². The summed E-state index contributed by atoms with van der Waals surface area (Å²) in [5.74, 6) is 0.0243. The van der Waals surface area contributed by atoms with E-state index in [1.807, 2.05) is 52.0 Å². The first-order chi connectivity index (χ1) is 13.8. The van der Waals surface area contributed by atoms with E-state index in [0.29, 0.717) is 34.2 Å². The van der Waals surface area contributed by atoms with Crippen molar-refractivity contribution in [2.75, 3.05) is 13.1 Å². The van der Waals surface area contributed by atoms with Gasteiger partial charge in [0.25, 0.3) is 5.56 Å². The Morgan fingerprint density at radius 1 is 1.21 bits per heavy atom. The molecule has 0 bridgehead atoms. The predicted molar refractivity (Wildman–Crippen MR) is 120 cm³/mol. The van der Waals surface area contributed by atoms with Crippen LogP contribution in [0.1, 0.15) is 26.3 Å². The van der Waals surface area contributed by atoms with Gasteiger partial charge in [0.2, 0.25) is 5.91 Å². The van der Waals surface area contributed by atoms with Gasteiger partial charge in [0.1, 0.15) is 0 Å². The monoisotopic (exact) mass is 429 g/mol. The van der Waals surface area contributed by atoms with Crippen LogP contribution in [0.2, 0.25) is 5.02 Å². The molecular weight excluding hydrogens is 406 g/mol. The van der Waals surface area contributed by atoms with Crippen LogP contribution in [-0.2, 0) is 4.79 Å². The molecule has 1 atom stereocenters. The second-order valence-corrected chi connectivity index (χ2v) is 8.55. The Balaban J connectivity index is 2.17. The zero-order valence-electron chi connectivity index (χ0n) is 17.0. The maximum absolute atomic E-state index is 13.3. The molecule has 0 aliphatic carbocycles. The summed E-state index contributed by atoms with van der Waals surface area (Å²) in [6.45, 7) is 9.02. The van der Waals surface area contributed by atoms with E-state index in [2.05, 4.69) is 0 Å². The Hall–Kier alpha value is -2.31. The fraction of sp³-hybridized carbons (Fsp3) is 0.318. The third-order valence-electron chi connectivity index (χ3n) is 4.77. The first-order valence-electron chi connectivity index (χ1n) is 9.60. The number of halogens is 1. The standard InChI is InChI=1S/C22H24ClN3O2S/c1-5-25(6-2)20(27)15(4)29-22-24-19-13-16(23)10-11-18(19)21(28)26(22)17-9-7-8-14(3)12-17/h7-13,15H,5-6H2,1-4H3. The molecule has 0 saturated heterocycles. The lowest BCUT2D eigenvalue weighted by atomic mass is 10.2. The van der Waals surface area contributed by atoms with E-state index in [0.717, 1.165) is 11.3 Å². The van der Waals surface area contributed by atoms with Gasteiger partial charge >= 0.3 is 0 Å². The van der Waals surface area contributed by atoms with Gasteiger partial charge in [-0.3, -0.25) is 14.2 Å². The zero-order chi connectivity index (χ0) is 21.1. The minimum atomic E-state index is -0.380. The second kappa shape index (κ2) is 9.01. The number of fused-ring (bicyclic) bond motifs is 1. The van der Waals surface area contributed by atoms with Gasteiger partial charge in [-0.2, -0.15) is 0 Å². The molecule has 2 aromatic carbocycles. The van der Waals surface area contributed by atoms with Crippen molar-refractivity contribution in [1.29, 1.82) is 0 Å². The molecule has 1 unspecified atom stereocenters. The number of carbonyl (C=O) groups excluding carboxylic acids is 1. The SMILES string of the molecule is CCN(CC)C(=O)C(C)Sc1nc2cc(Cl)ccc2c(=O)n1-c1cccc(C)c1. The highest BCUT2D eigenvalue weighted by molar-refractivity contribution is 8.00. The van der Waals surface area contributed by atoms with Gasteiger partial charge < -0.3 is 4.90 Å². The number of rotatable bonds is 6. The number of hydrogen-bond donors (Lipinski definition) is 0. The van der Waals surface area contributed by atoms with Gasteiger partial charge in [-0.05, 0) is 63.6 Å². The van der Waals surface area contributed by atoms with Crippen LogP contribution < -0.4 is 5.56 Å². The Morgan fingerprint density at radius 2 is 1.93 bits per heavy atom. The number of nitrogens with zero attached hydrogens (tertiary/aromatic N) is 3. The van der Waals surface area contributed by atoms with Crippen LogP contribution in [0, 0.1) is 6.92 Å². The normalized spacial score (nSPS) is 12.2. The fourth-order valence-corrected chi connectivity index (χ4v) is 4.39. The third-order valence-corrected chi connectivity index (χ3v) is 6.04. The first-order valence-corrected chi connectivity index (χ1v) is 10.9. The third kappa shape index (κ3) is 4.49. The quantitative estimate of drug-likeness (QED) is 0.421. The van der Waals surface area contributed by atoms with E-state index >= 15 is 0 Å². The molecule has 1 amide bonds. The molecule has 7 heteroatoms. The number of aryl methyl sites for hydroxylation is 1. The summed E-state index contributed by atoms with van der Waals surface area (Å²) in [4.78, 5) is 32.6. The van der Waals surface area contributed by atoms with Crippen LogP contribution >= 0.6 is 23.4 Å². The maximum Gasteiger partial charge on any atom is 0.266 e. The molecule has 0 saturated carbocycles. The number of benzene rings is 2. The summed E-state index contributed by atoms with van der Waals surface area (Å²) >= 11 is 7.41. The van der Waals surface area contributed by atoms with E-state index in [9.17, 15) is 9.59 Å². The molecule has 1 heterocycles. The first kappa shape index (κ1) is 21.4. The Bertz CT molecular complexity index is 1110. The molecule has 5 nitrogen and oxygen atoms in total. The summed E-state index contributed by atoms with van der Waals surface area (Å²) in [6, 6.07) is 12.7. The van der Waals surface area contributed by atoms with Crippen LogP contribution in [-0.4, -0.2) is 38.7 Å². The van der Waals surface area contributed by atoms with Gasteiger partial charge in [-0.1, -0.05) is 35.5 Å². The van der Waals surface area contributed by atoms with Crippen molar-refractivity contribution in [1.82, 2.24) is 14.5 Å². The number of thioether (sulfide) groups is 1. The average molecular weight is 430 g/mol. The number of amides is 1. The molecular formula is C22H24ClN3O2S. The van der Waals surface area contributed by atoms with E-state index in [1.54, 1.807) is 27.7 Å². The summed E-state index contributed by atoms with van der Waals surface area (Å²) < 4.78 is 1.58. The molecule has 0 radical (unpaired) electrons. The lowest BCUT2D eigenvalue weighted by Gasteiger charge is -2.23. The fourth-order valence-electron chi connectivity index (χ4n) is 3.21. The molecule has 1 aromatic heterocycles. The lowest BCUT2D eigenvalue weighted by Crippen LogP contribution is -2.36. The van der Waals surface area contributed by atoms with Crippen molar-refractivity contribution in [3.05, 3.63) is 63.4 Å². The molecule has 0 aliphatic heterocycles. The molecule has 0 fully saturated rings. The van der Waals surface area contributed by atoms with Crippen molar-refractivity contribution in [2.45, 2.75) is 38.1 Å². The van der Waals surface area contributed by atoms with Crippen LogP contribution in [0.25, 0.3) is 16.6 Å².